The summed E-state index contributed by atoms with van der Waals surface area (Å²) in [5, 5.41) is 2.32. The summed E-state index contributed by atoms with van der Waals surface area (Å²) in [6.07, 6.45) is 4.52. The molecular formula is C28H38F2N6O3S. The number of carbonyl (C=O) groups is 1. The molecule has 2 aliphatic heterocycles. The maximum Gasteiger partial charge on any atom is 0.258 e. The third-order valence-corrected chi connectivity index (χ3v) is 10.5. The summed E-state index contributed by atoms with van der Waals surface area (Å²) < 4.78 is 55.5. The quantitative estimate of drug-likeness (QED) is 0.445. The Morgan fingerprint density at radius 2 is 1.65 bits per heavy atom. The van der Waals surface area contributed by atoms with Gasteiger partial charge in [0.1, 0.15) is 5.82 Å². The average Bonchev–Trinajstić information content (AvgIpc) is 3.66. The molecule has 1 atom stereocenters. The molecule has 218 valence electrons. The van der Waals surface area contributed by atoms with Crippen LogP contribution < -0.4 is 19.8 Å². The number of alkyl halides is 2. The Morgan fingerprint density at radius 3 is 2.27 bits per heavy atom. The molecule has 2 aromatic rings. The van der Waals surface area contributed by atoms with E-state index in [1.807, 2.05) is 6.92 Å². The molecule has 1 aliphatic carbocycles. The van der Waals surface area contributed by atoms with Gasteiger partial charge in [-0.05, 0) is 69.6 Å². The van der Waals surface area contributed by atoms with Crippen LogP contribution in [0.2, 0.25) is 0 Å². The van der Waals surface area contributed by atoms with Gasteiger partial charge in [0.2, 0.25) is 16.0 Å². The summed E-state index contributed by atoms with van der Waals surface area (Å²) >= 11 is 0. The van der Waals surface area contributed by atoms with Crippen LogP contribution in [0.4, 0.5) is 31.9 Å². The summed E-state index contributed by atoms with van der Waals surface area (Å²) in [5.74, 6) is -2.47. The first-order valence-electron chi connectivity index (χ1n) is 14.1. The minimum atomic E-state index is -3.57. The Bertz CT molecular complexity index is 1360. The van der Waals surface area contributed by atoms with Crippen molar-refractivity contribution in [3.05, 3.63) is 35.5 Å². The largest absolute Gasteiger partial charge is 0.371 e. The molecule has 1 aromatic carbocycles. The first kappa shape index (κ1) is 28.5. The number of nitrogens with one attached hydrogen (secondary N) is 2. The van der Waals surface area contributed by atoms with Gasteiger partial charge in [-0.3, -0.25) is 9.52 Å². The molecule has 1 spiro atoms. The molecule has 40 heavy (non-hydrogen) atoms. The number of nitrogens with zero attached hydrogens (tertiary/aromatic N) is 4. The van der Waals surface area contributed by atoms with Crippen LogP contribution in [0.1, 0.15) is 74.8 Å². The molecule has 1 saturated carbocycles. The molecule has 5 rings (SSSR count). The van der Waals surface area contributed by atoms with Crippen molar-refractivity contribution in [3.8, 4) is 0 Å². The fourth-order valence-corrected chi connectivity index (χ4v) is 6.50. The number of sulfonamides is 1. The predicted octanol–water partition coefficient (Wildman–Crippen LogP) is 5.19. The van der Waals surface area contributed by atoms with Gasteiger partial charge >= 0.3 is 0 Å². The maximum absolute atomic E-state index is 13.7. The van der Waals surface area contributed by atoms with Crippen molar-refractivity contribution in [3.63, 3.8) is 0 Å². The van der Waals surface area contributed by atoms with Crippen LogP contribution in [-0.2, 0) is 10.0 Å². The van der Waals surface area contributed by atoms with E-state index in [4.69, 9.17) is 0 Å². The normalized spacial score (nSPS) is 20.7. The van der Waals surface area contributed by atoms with Crippen molar-refractivity contribution >= 4 is 39.1 Å². The number of rotatable bonds is 8. The minimum absolute atomic E-state index is 0.137. The molecule has 1 aromatic heterocycles. The van der Waals surface area contributed by atoms with Crippen molar-refractivity contribution in [2.45, 2.75) is 76.9 Å². The van der Waals surface area contributed by atoms with Gasteiger partial charge in [-0.1, -0.05) is 6.92 Å². The summed E-state index contributed by atoms with van der Waals surface area (Å²) in [6.45, 7) is 7.11. The lowest BCUT2D eigenvalue weighted by molar-refractivity contribution is -0.0222. The van der Waals surface area contributed by atoms with Gasteiger partial charge < -0.3 is 15.1 Å². The standard InChI is InChI=1S/C28H38F2N6O3S/c1-4-20(3)40(38,39)34-21-5-6-22(23(18-21)35-13-9-27(7-8-27)10-14-35)25(37)32-24-17-19(2)31-26(33-24)36-15-11-28(29,30)12-16-36/h5-6,17-18,20,34H,4,7-16H2,1-3H3,(H,31,32,33,37)/t20-/m1/s1. The Kier molecular flexibility index (Phi) is 7.66. The smallest absolute Gasteiger partial charge is 0.258 e. The molecule has 3 fully saturated rings. The van der Waals surface area contributed by atoms with Gasteiger partial charge in [0.25, 0.3) is 11.8 Å². The first-order valence-corrected chi connectivity index (χ1v) is 15.6. The zero-order chi connectivity index (χ0) is 28.7. The van der Waals surface area contributed by atoms with Crippen LogP contribution in [0, 0.1) is 12.3 Å². The van der Waals surface area contributed by atoms with Crippen LogP contribution in [0.15, 0.2) is 24.3 Å². The van der Waals surface area contributed by atoms with Crippen LogP contribution in [0.3, 0.4) is 0 Å². The van der Waals surface area contributed by atoms with E-state index in [0.717, 1.165) is 25.9 Å². The molecular weight excluding hydrogens is 538 g/mol. The number of aromatic nitrogens is 2. The molecule has 0 bridgehead atoms. The zero-order valence-corrected chi connectivity index (χ0v) is 24.2. The van der Waals surface area contributed by atoms with E-state index in [1.165, 1.54) is 12.8 Å². The molecule has 2 saturated heterocycles. The van der Waals surface area contributed by atoms with Crippen molar-refractivity contribution < 1.29 is 22.0 Å². The third kappa shape index (κ3) is 6.31. The van der Waals surface area contributed by atoms with Crippen molar-refractivity contribution in [1.82, 2.24) is 9.97 Å². The highest BCUT2D eigenvalue weighted by molar-refractivity contribution is 7.93. The van der Waals surface area contributed by atoms with E-state index < -0.39 is 21.2 Å². The van der Waals surface area contributed by atoms with E-state index in [2.05, 4.69) is 24.9 Å². The second kappa shape index (κ2) is 10.8. The topological polar surface area (TPSA) is 108 Å². The lowest BCUT2D eigenvalue weighted by Gasteiger charge is -2.35. The fourth-order valence-electron chi connectivity index (χ4n) is 5.41. The first-order chi connectivity index (χ1) is 18.9. The number of halogens is 2. The molecule has 0 unspecified atom stereocenters. The van der Waals surface area contributed by atoms with Crippen LogP contribution in [0.5, 0.6) is 0 Å². The van der Waals surface area contributed by atoms with Crippen LogP contribution in [0.25, 0.3) is 0 Å². The summed E-state index contributed by atoms with van der Waals surface area (Å²) in [7, 11) is -3.57. The van der Waals surface area contributed by atoms with Gasteiger partial charge in [0, 0.05) is 50.8 Å². The molecule has 1 amide bonds. The highest BCUT2D eigenvalue weighted by Crippen LogP contribution is 2.54. The second-order valence-electron chi connectivity index (χ2n) is 11.6. The second-order valence-corrected chi connectivity index (χ2v) is 13.7. The number of hydrogen-bond acceptors (Lipinski definition) is 7. The lowest BCUT2D eigenvalue weighted by Crippen LogP contribution is -2.40. The lowest BCUT2D eigenvalue weighted by atomic mass is 9.93. The van der Waals surface area contributed by atoms with Crippen molar-refractivity contribution in [2.75, 3.05) is 46.0 Å². The minimum Gasteiger partial charge on any atom is -0.371 e. The van der Waals surface area contributed by atoms with Gasteiger partial charge in [0.15, 0.2) is 0 Å². The molecule has 3 heterocycles. The molecule has 9 nitrogen and oxygen atoms in total. The van der Waals surface area contributed by atoms with E-state index >= 15 is 0 Å². The molecule has 0 radical (unpaired) electrons. The Labute approximate surface area is 234 Å². The number of amides is 1. The van der Waals surface area contributed by atoms with E-state index in [-0.39, 0.29) is 37.7 Å². The third-order valence-electron chi connectivity index (χ3n) is 8.59. The van der Waals surface area contributed by atoms with Crippen molar-refractivity contribution in [1.29, 1.82) is 0 Å². The number of piperidine rings is 2. The number of carbonyl (C=O) groups excluding carboxylic acids is 1. The Hall–Kier alpha value is -3.02. The molecule has 12 heteroatoms. The van der Waals surface area contributed by atoms with Crippen LogP contribution in [-0.4, -0.2) is 61.6 Å². The van der Waals surface area contributed by atoms with E-state index in [9.17, 15) is 22.0 Å². The van der Waals surface area contributed by atoms with E-state index in [1.54, 1.807) is 43.0 Å². The monoisotopic (exact) mass is 576 g/mol. The number of anilines is 4. The van der Waals surface area contributed by atoms with Gasteiger partial charge in [-0.2, -0.15) is 4.98 Å². The SMILES string of the molecule is CC[C@@H](C)S(=O)(=O)Nc1ccc(C(=O)Nc2cc(C)nc(N3CCC(F)(F)CC3)n2)c(N2CCC3(CC2)CC3)c1. The van der Waals surface area contributed by atoms with Gasteiger partial charge in [0.05, 0.1) is 22.2 Å². The maximum atomic E-state index is 13.7. The predicted molar refractivity (Wildman–Crippen MR) is 153 cm³/mol. The molecule has 3 aliphatic rings. The highest BCUT2D eigenvalue weighted by Gasteiger charge is 2.44. The fraction of sp³-hybridized carbons (Fsp3) is 0.607. The van der Waals surface area contributed by atoms with Crippen molar-refractivity contribution in [2.24, 2.45) is 5.41 Å². The summed E-state index contributed by atoms with van der Waals surface area (Å²) in [4.78, 5) is 26.3. The summed E-state index contributed by atoms with van der Waals surface area (Å²) in [5.41, 5.74) is 2.54. The molecule has 2 N–H and O–H groups in total. The number of aryl methyl sites for hydroxylation is 1. The van der Waals surface area contributed by atoms with Gasteiger partial charge in [-0.15, -0.1) is 0 Å². The highest BCUT2D eigenvalue weighted by atomic mass is 32.2. The van der Waals surface area contributed by atoms with Crippen LogP contribution >= 0.6 is 0 Å². The van der Waals surface area contributed by atoms with Gasteiger partial charge in [-0.25, -0.2) is 22.2 Å². The van der Waals surface area contributed by atoms with E-state index in [0.29, 0.717) is 40.4 Å². The Balaban J connectivity index is 1.39. The Morgan fingerprint density at radius 1 is 1.00 bits per heavy atom. The number of benzene rings is 1. The average molecular weight is 577 g/mol. The zero-order valence-electron chi connectivity index (χ0n) is 23.3. The number of hydrogen-bond donors (Lipinski definition) is 2. The summed E-state index contributed by atoms with van der Waals surface area (Å²) in [6, 6.07) is 6.63.